The van der Waals surface area contributed by atoms with E-state index < -0.39 is 0 Å². The maximum absolute atomic E-state index is 2.70. The van der Waals surface area contributed by atoms with Gasteiger partial charge in [-0.25, -0.2) is 0 Å². The molecule has 130 valence electrons. The van der Waals surface area contributed by atoms with Crippen molar-refractivity contribution in [2.75, 3.05) is 59.4 Å². The van der Waals surface area contributed by atoms with E-state index in [1.54, 1.807) is 0 Å². The summed E-state index contributed by atoms with van der Waals surface area (Å²) in [5.41, 5.74) is 0. The Morgan fingerprint density at radius 1 is 0.591 bits per heavy atom. The number of likely N-dealkylation sites (N-methyl/N-ethyl adjacent to an activating group) is 1. The molecule has 0 aromatic carbocycles. The van der Waals surface area contributed by atoms with Crippen molar-refractivity contribution >= 4 is 0 Å². The second-order valence-electron chi connectivity index (χ2n) is 7.78. The maximum Gasteiger partial charge on any atom is 0.0113 e. The highest BCUT2D eigenvalue weighted by atomic mass is 15.3. The Bertz CT molecular complexity index is 304. The lowest BCUT2D eigenvalue weighted by atomic mass is 10.0. The maximum atomic E-state index is 2.70. The molecule has 0 amide bonds. The smallest absolute Gasteiger partial charge is 0.0113 e. The molecule has 0 aromatic rings. The van der Waals surface area contributed by atoms with Crippen LogP contribution in [0.2, 0.25) is 0 Å². The molecule has 4 nitrogen and oxygen atoms in total. The average Bonchev–Trinajstić information content (AvgIpc) is 2.53. The normalized spacial score (nSPS) is 26.5. The van der Waals surface area contributed by atoms with Crippen LogP contribution in [0, 0.1) is 0 Å². The van der Waals surface area contributed by atoms with Crippen molar-refractivity contribution in [3.8, 4) is 0 Å². The van der Waals surface area contributed by atoms with Crippen LogP contribution in [-0.2, 0) is 0 Å². The van der Waals surface area contributed by atoms with E-state index in [0.29, 0.717) is 6.04 Å². The zero-order valence-corrected chi connectivity index (χ0v) is 15.6. The van der Waals surface area contributed by atoms with Crippen LogP contribution in [0.15, 0.2) is 0 Å². The second-order valence-corrected chi connectivity index (χ2v) is 7.78. The van der Waals surface area contributed by atoms with Crippen molar-refractivity contribution in [1.29, 1.82) is 0 Å². The van der Waals surface area contributed by atoms with Gasteiger partial charge in [-0.2, -0.15) is 0 Å². The Morgan fingerprint density at radius 2 is 0.955 bits per heavy atom. The Morgan fingerprint density at radius 3 is 1.36 bits per heavy atom. The van der Waals surface area contributed by atoms with Crippen molar-refractivity contribution in [1.82, 2.24) is 19.6 Å². The van der Waals surface area contributed by atoms with Crippen LogP contribution in [0.1, 0.15) is 40.5 Å². The molecule has 2 atom stereocenters. The van der Waals surface area contributed by atoms with Crippen molar-refractivity contribution in [2.24, 2.45) is 0 Å². The fourth-order valence-corrected chi connectivity index (χ4v) is 3.80. The van der Waals surface area contributed by atoms with Crippen LogP contribution in [0.25, 0.3) is 0 Å². The third kappa shape index (κ3) is 5.19. The van der Waals surface area contributed by atoms with Gasteiger partial charge in [0.25, 0.3) is 0 Å². The summed E-state index contributed by atoms with van der Waals surface area (Å²) in [6.45, 7) is 19.5. The molecule has 0 N–H and O–H groups in total. The van der Waals surface area contributed by atoms with Gasteiger partial charge in [-0.15, -0.1) is 0 Å². The molecule has 0 bridgehead atoms. The van der Waals surface area contributed by atoms with Crippen LogP contribution in [0.3, 0.4) is 0 Å². The predicted octanol–water partition coefficient (Wildman–Crippen LogP) is 1.82. The number of piperazine rings is 2. The van der Waals surface area contributed by atoms with Gasteiger partial charge in [0.15, 0.2) is 0 Å². The van der Waals surface area contributed by atoms with Crippen LogP contribution < -0.4 is 0 Å². The van der Waals surface area contributed by atoms with Crippen molar-refractivity contribution in [3.05, 3.63) is 0 Å². The zero-order valence-electron chi connectivity index (χ0n) is 15.6. The molecule has 0 saturated carbocycles. The molecule has 0 radical (unpaired) electrons. The molecule has 22 heavy (non-hydrogen) atoms. The third-order valence-electron chi connectivity index (χ3n) is 5.87. The van der Waals surface area contributed by atoms with Gasteiger partial charge in [0.05, 0.1) is 0 Å². The summed E-state index contributed by atoms with van der Waals surface area (Å²) in [5, 5.41) is 0. The summed E-state index contributed by atoms with van der Waals surface area (Å²) in [6.07, 6.45) is 2.68. The van der Waals surface area contributed by atoms with E-state index >= 15 is 0 Å². The summed E-state index contributed by atoms with van der Waals surface area (Å²) in [7, 11) is 2.24. The first-order valence-corrected chi connectivity index (χ1v) is 9.38. The molecule has 2 fully saturated rings. The summed E-state index contributed by atoms with van der Waals surface area (Å²) >= 11 is 0. The fourth-order valence-electron chi connectivity index (χ4n) is 3.80. The highest BCUT2D eigenvalue weighted by molar-refractivity contribution is 4.80. The van der Waals surface area contributed by atoms with Crippen LogP contribution in [0.5, 0.6) is 0 Å². The molecular formula is C18H38N4. The minimum atomic E-state index is 0.703. The zero-order chi connectivity index (χ0) is 16.1. The van der Waals surface area contributed by atoms with Crippen molar-refractivity contribution in [2.45, 2.75) is 58.7 Å². The van der Waals surface area contributed by atoms with Crippen molar-refractivity contribution in [3.63, 3.8) is 0 Å². The fraction of sp³-hybridized carbons (Fsp3) is 1.00. The summed E-state index contributed by atoms with van der Waals surface area (Å²) < 4.78 is 0. The van der Waals surface area contributed by atoms with Gasteiger partial charge in [-0.3, -0.25) is 14.7 Å². The molecule has 2 unspecified atom stereocenters. The van der Waals surface area contributed by atoms with Gasteiger partial charge in [-0.1, -0.05) is 0 Å². The van der Waals surface area contributed by atoms with Crippen LogP contribution >= 0.6 is 0 Å². The van der Waals surface area contributed by atoms with Gasteiger partial charge in [0.2, 0.25) is 0 Å². The molecular weight excluding hydrogens is 272 g/mol. The minimum absolute atomic E-state index is 0.703. The summed E-state index contributed by atoms with van der Waals surface area (Å²) in [6, 6.07) is 2.19. The first-order valence-electron chi connectivity index (χ1n) is 9.38. The molecule has 0 aromatic heterocycles. The van der Waals surface area contributed by atoms with Gasteiger partial charge in [-0.05, 0) is 47.6 Å². The molecule has 0 aliphatic carbocycles. The summed E-state index contributed by atoms with van der Waals surface area (Å²) in [5.74, 6) is 0. The number of rotatable bonds is 6. The molecule has 2 aliphatic heterocycles. The van der Waals surface area contributed by atoms with E-state index in [1.807, 2.05) is 0 Å². The predicted molar refractivity (Wildman–Crippen MR) is 95.5 cm³/mol. The molecule has 2 rings (SSSR count). The lowest BCUT2D eigenvalue weighted by molar-refractivity contribution is 0.0716. The monoisotopic (exact) mass is 310 g/mol. The highest BCUT2D eigenvalue weighted by Crippen LogP contribution is 2.16. The van der Waals surface area contributed by atoms with E-state index in [2.05, 4.69) is 54.3 Å². The number of nitrogens with zero attached hydrogens (tertiary/aromatic N) is 4. The van der Waals surface area contributed by atoms with Gasteiger partial charge in [0.1, 0.15) is 0 Å². The highest BCUT2D eigenvalue weighted by Gasteiger charge is 2.24. The van der Waals surface area contributed by atoms with Gasteiger partial charge >= 0.3 is 0 Å². The standard InChI is InChI=1S/C18H38N4/c1-16(2)20-12-14-22(15-13-20)18(4)7-6-17(3)21-10-8-19(5)9-11-21/h16-18H,6-15H2,1-5H3. The van der Waals surface area contributed by atoms with E-state index in [4.69, 9.17) is 0 Å². The quantitative estimate of drug-likeness (QED) is 0.742. The minimum Gasteiger partial charge on any atom is -0.304 e. The molecule has 0 spiro atoms. The third-order valence-corrected chi connectivity index (χ3v) is 5.87. The van der Waals surface area contributed by atoms with E-state index in [0.717, 1.165) is 12.1 Å². The molecule has 2 saturated heterocycles. The van der Waals surface area contributed by atoms with Gasteiger partial charge in [0, 0.05) is 70.5 Å². The molecule has 4 heteroatoms. The lowest BCUT2D eigenvalue weighted by Gasteiger charge is -2.41. The lowest BCUT2D eigenvalue weighted by Crippen LogP contribution is -2.52. The topological polar surface area (TPSA) is 13.0 Å². The largest absolute Gasteiger partial charge is 0.304 e. The van der Waals surface area contributed by atoms with Crippen molar-refractivity contribution < 1.29 is 0 Å². The first-order chi connectivity index (χ1) is 10.5. The van der Waals surface area contributed by atoms with Crippen LogP contribution in [0.4, 0.5) is 0 Å². The molecule has 2 aliphatic rings. The number of hydrogen-bond acceptors (Lipinski definition) is 4. The second kappa shape index (κ2) is 8.62. The Hall–Kier alpha value is -0.160. The van der Waals surface area contributed by atoms with E-state index in [9.17, 15) is 0 Å². The average molecular weight is 311 g/mol. The van der Waals surface area contributed by atoms with Gasteiger partial charge < -0.3 is 4.90 Å². The SMILES string of the molecule is CC(C)N1CCN(C(C)CCC(C)N2CCN(C)CC2)CC1. The molecule has 2 heterocycles. The summed E-state index contributed by atoms with van der Waals surface area (Å²) in [4.78, 5) is 10.4. The van der Waals surface area contributed by atoms with E-state index in [1.165, 1.54) is 65.2 Å². The Balaban J connectivity index is 1.66. The Labute approximate surface area is 138 Å². The van der Waals surface area contributed by atoms with Crippen LogP contribution in [-0.4, -0.2) is 97.1 Å². The Kier molecular flexibility index (Phi) is 7.13. The van der Waals surface area contributed by atoms with E-state index in [-0.39, 0.29) is 0 Å². The first kappa shape index (κ1) is 18.2. The number of hydrogen-bond donors (Lipinski definition) is 0.